The molecule has 0 aliphatic carbocycles. The van der Waals surface area contributed by atoms with Crippen molar-refractivity contribution in [3.63, 3.8) is 0 Å². The number of nitro groups is 1. The van der Waals surface area contributed by atoms with Crippen molar-refractivity contribution < 1.29 is 18.9 Å². The van der Waals surface area contributed by atoms with Crippen molar-refractivity contribution in [2.75, 3.05) is 0 Å². The normalized spacial score (nSPS) is 11.1. The lowest BCUT2D eigenvalue weighted by Crippen LogP contribution is -2.16. The average Bonchev–Trinajstić information content (AvgIpc) is 3.24. The van der Waals surface area contributed by atoms with Gasteiger partial charge in [0.25, 0.3) is 5.69 Å². The van der Waals surface area contributed by atoms with Crippen LogP contribution in [0.15, 0.2) is 74.7 Å². The first kappa shape index (κ1) is 23.7. The van der Waals surface area contributed by atoms with Crippen LogP contribution in [0.5, 0.6) is 5.75 Å². The van der Waals surface area contributed by atoms with E-state index in [9.17, 15) is 14.9 Å². The van der Waals surface area contributed by atoms with Crippen LogP contribution < -0.4 is 10.2 Å². The van der Waals surface area contributed by atoms with Crippen molar-refractivity contribution in [3.05, 3.63) is 102 Å². The van der Waals surface area contributed by atoms with Gasteiger partial charge in [-0.3, -0.25) is 14.9 Å². The van der Waals surface area contributed by atoms with Gasteiger partial charge in [-0.05, 0) is 48.0 Å². The Morgan fingerprint density at radius 2 is 1.94 bits per heavy atom. The van der Waals surface area contributed by atoms with Gasteiger partial charge in [0.05, 0.1) is 21.2 Å². The van der Waals surface area contributed by atoms with Crippen LogP contribution in [-0.4, -0.2) is 17.0 Å². The summed E-state index contributed by atoms with van der Waals surface area (Å²) in [5.41, 5.74) is 4.07. The molecule has 0 aliphatic rings. The summed E-state index contributed by atoms with van der Waals surface area (Å²) in [6.07, 6.45) is 1.43. The number of carbonyl (C=O) groups is 1. The molecule has 1 aromatic heterocycles. The number of nitro benzene ring substituents is 1. The maximum absolute atomic E-state index is 12.4. The third-order valence-corrected chi connectivity index (χ3v) is 5.89. The Bertz CT molecular complexity index is 1440. The molecule has 0 unspecified atom stereocenters. The molecule has 0 aliphatic heterocycles. The van der Waals surface area contributed by atoms with E-state index in [4.69, 9.17) is 32.4 Å². The van der Waals surface area contributed by atoms with Gasteiger partial charge in [0, 0.05) is 27.6 Å². The van der Waals surface area contributed by atoms with E-state index in [-0.39, 0.29) is 18.1 Å². The lowest BCUT2D eigenvalue weighted by Gasteiger charge is -2.10. The third kappa shape index (κ3) is 5.56. The van der Waals surface area contributed by atoms with Gasteiger partial charge in [0.15, 0.2) is 5.76 Å². The van der Waals surface area contributed by atoms with Crippen molar-refractivity contribution >= 4 is 67.9 Å². The van der Waals surface area contributed by atoms with Gasteiger partial charge < -0.3 is 9.15 Å². The lowest BCUT2D eigenvalue weighted by atomic mass is 10.2. The minimum atomic E-state index is -0.608. The molecule has 1 heterocycles. The van der Waals surface area contributed by atoms with Gasteiger partial charge in [-0.1, -0.05) is 45.2 Å². The monoisotopic (exact) mass is 561 g/mol. The number of non-ortho nitro benzene ring substituents is 1. The second-order valence-electron chi connectivity index (χ2n) is 7.01. The molecule has 11 heteroatoms. The van der Waals surface area contributed by atoms with Gasteiger partial charge in [0.2, 0.25) is 0 Å². The summed E-state index contributed by atoms with van der Waals surface area (Å²) >= 11 is 15.4. The summed E-state index contributed by atoms with van der Waals surface area (Å²) in [6, 6.07) is 16.1. The third-order valence-electron chi connectivity index (χ3n) is 4.65. The summed E-state index contributed by atoms with van der Waals surface area (Å²) in [7, 11) is 0. The number of ether oxygens (including phenoxy) is 1. The average molecular weight is 563 g/mol. The second-order valence-corrected chi connectivity index (χ2v) is 8.74. The van der Waals surface area contributed by atoms with E-state index < -0.39 is 10.8 Å². The Morgan fingerprint density at radius 3 is 2.71 bits per heavy atom. The fourth-order valence-corrected chi connectivity index (χ4v) is 3.71. The molecule has 172 valence electrons. The summed E-state index contributed by atoms with van der Waals surface area (Å²) < 4.78 is 12.1. The van der Waals surface area contributed by atoms with Crippen molar-refractivity contribution in [2.24, 2.45) is 5.10 Å². The Morgan fingerprint density at radius 1 is 1.12 bits per heavy atom. The van der Waals surface area contributed by atoms with Gasteiger partial charge in [-0.15, -0.1) is 0 Å². The molecule has 3 aromatic carbocycles. The molecule has 0 bridgehead atoms. The van der Waals surface area contributed by atoms with Crippen LogP contribution in [0.3, 0.4) is 0 Å². The first-order valence-electron chi connectivity index (χ1n) is 9.68. The van der Waals surface area contributed by atoms with E-state index in [1.54, 1.807) is 24.3 Å². The summed E-state index contributed by atoms with van der Waals surface area (Å²) in [5.74, 6) is -0.107. The zero-order valence-electron chi connectivity index (χ0n) is 17.1. The number of nitrogens with zero attached hydrogens (tertiary/aromatic N) is 2. The second kappa shape index (κ2) is 10.3. The zero-order chi connectivity index (χ0) is 24.2. The highest BCUT2D eigenvalue weighted by Crippen LogP contribution is 2.26. The number of halogens is 3. The van der Waals surface area contributed by atoms with Gasteiger partial charge in [0.1, 0.15) is 17.9 Å². The molecule has 4 aromatic rings. The maximum Gasteiger partial charge on any atom is 0.307 e. The highest BCUT2D eigenvalue weighted by molar-refractivity contribution is 9.10. The molecule has 34 heavy (non-hydrogen) atoms. The predicted octanol–water partition coefficient (Wildman–Crippen LogP) is 6.75. The zero-order valence-corrected chi connectivity index (χ0v) is 20.2. The van der Waals surface area contributed by atoms with E-state index in [1.807, 2.05) is 12.1 Å². The Balaban J connectivity index is 1.46. The van der Waals surface area contributed by atoms with Gasteiger partial charge in [-0.25, -0.2) is 5.43 Å². The molecule has 0 spiro atoms. The van der Waals surface area contributed by atoms with E-state index in [0.29, 0.717) is 32.3 Å². The van der Waals surface area contributed by atoms with Gasteiger partial charge in [-0.2, -0.15) is 5.10 Å². The minimum Gasteiger partial charge on any atom is -0.488 e. The van der Waals surface area contributed by atoms with E-state index in [1.165, 1.54) is 30.5 Å². The molecule has 1 amide bonds. The predicted molar refractivity (Wildman–Crippen MR) is 133 cm³/mol. The Hall–Kier alpha value is -3.40. The van der Waals surface area contributed by atoms with E-state index in [2.05, 4.69) is 26.5 Å². The topological polar surface area (TPSA) is 107 Å². The fourth-order valence-electron chi connectivity index (χ4n) is 3.01. The smallest absolute Gasteiger partial charge is 0.307 e. The molecule has 1 N–H and O–H groups in total. The summed E-state index contributed by atoms with van der Waals surface area (Å²) in [6.45, 7) is 0.247. The van der Waals surface area contributed by atoms with Crippen molar-refractivity contribution in [1.29, 1.82) is 0 Å². The maximum atomic E-state index is 12.4. The largest absolute Gasteiger partial charge is 0.488 e. The standard InChI is InChI=1S/C23H14BrCl2N3O5/c24-16-2-5-20(33-12-13-1-4-18(25)19(26)7-13)15(8-16)11-27-28-23(30)22-10-14-9-17(29(31)32)3-6-21(14)34-22/h1-11H,12H2,(H,28,30)/b27-11-. The Kier molecular flexibility index (Phi) is 7.16. The van der Waals surface area contributed by atoms with Crippen molar-refractivity contribution in [3.8, 4) is 5.75 Å². The van der Waals surface area contributed by atoms with Crippen LogP contribution in [0.25, 0.3) is 11.0 Å². The first-order valence-corrected chi connectivity index (χ1v) is 11.2. The Labute approximate surface area is 211 Å². The minimum absolute atomic E-state index is 0.0296. The van der Waals surface area contributed by atoms with E-state index >= 15 is 0 Å². The van der Waals surface area contributed by atoms with Crippen LogP contribution in [-0.2, 0) is 6.61 Å². The van der Waals surface area contributed by atoms with Crippen LogP contribution >= 0.6 is 39.1 Å². The SMILES string of the molecule is O=C(N/N=C\c1cc(Br)ccc1OCc1ccc(Cl)c(Cl)c1)c1cc2cc([N+](=O)[O-])ccc2o1. The molecular weight excluding hydrogens is 549 g/mol. The summed E-state index contributed by atoms with van der Waals surface area (Å²) in [5, 5.41) is 16.2. The molecule has 0 saturated carbocycles. The number of nitrogens with one attached hydrogen (secondary N) is 1. The quantitative estimate of drug-likeness (QED) is 0.152. The number of hydrazone groups is 1. The number of rotatable bonds is 7. The molecule has 0 radical (unpaired) electrons. The molecule has 8 nitrogen and oxygen atoms in total. The lowest BCUT2D eigenvalue weighted by molar-refractivity contribution is -0.384. The number of hydrogen-bond acceptors (Lipinski definition) is 6. The number of carbonyl (C=O) groups excluding carboxylic acids is 1. The fraction of sp³-hybridized carbons (Fsp3) is 0.0435. The highest BCUT2D eigenvalue weighted by Gasteiger charge is 2.15. The molecular formula is C23H14BrCl2N3O5. The number of amides is 1. The molecule has 0 saturated heterocycles. The number of fused-ring (bicyclic) bond motifs is 1. The van der Waals surface area contributed by atoms with Crippen LogP contribution in [0.2, 0.25) is 10.0 Å². The van der Waals surface area contributed by atoms with Crippen LogP contribution in [0.1, 0.15) is 21.7 Å². The first-order chi connectivity index (χ1) is 16.3. The molecule has 0 fully saturated rings. The number of hydrogen-bond donors (Lipinski definition) is 1. The van der Waals surface area contributed by atoms with Crippen molar-refractivity contribution in [2.45, 2.75) is 6.61 Å². The van der Waals surface area contributed by atoms with Gasteiger partial charge >= 0.3 is 5.91 Å². The highest BCUT2D eigenvalue weighted by atomic mass is 79.9. The van der Waals surface area contributed by atoms with E-state index in [0.717, 1.165) is 10.0 Å². The van der Waals surface area contributed by atoms with Crippen molar-refractivity contribution in [1.82, 2.24) is 5.43 Å². The molecule has 4 rings (SSSR count). The molecule has 0 atom stereocenters. The van der Waals surface area contributed by atoms with Crippen LogP contribution in [0.4, 0.5) is 5.69 Å². The van der Waals surface area contributed by atoms with Crippen LogP contribution in [0, 0.1) is 10.1 Å². The number of furan rings is 1. The summed E-state index contributed by atoms with van der Waals surface area (Å²) in [4.78, 5) is 22.8. The number of benzene rings is 3.